The number of carbonyl (C=O) groups is 2. The Morgan fingerprint density at radius 3 is 2.71 bits per heavy atom. The van der Waals surface area contributed by atoms with Gasteiger partial charge in [-0.25, -0.2) is 9.59 Å². The zero-order valence-electron chi connectivity index (χ0n) is 11.6. The number of ether oxygens (including phenoxy) is 1. The molecule has 1 heterocycles. The van der Waals surface area contributed by atoms with Gasteiger partial charge in [-0.2, -0.15) is 0 Å². The Kier molecular flexibility index (Phi) is 3.79. The summed E-state index contributed by atoms with van der Waals surface area (Å²) in [7, 11) is 0. The number of anilines is 1. The van der Waals surface area contributed by atoms with Crippen LogP contribution in [-0.2, 0) is 4.74 Å². The van der Waals surface area contributed by atoms with Gasteiger partial charge in [-0.05, 0) is 43.5 Å². The number of nitrogens with zero attached hydrogens (tertiary/aromatic N) is 1. The molecular formula is C15H18N2O4. The first-order valence-electron chi connectivity index (χ1n) is 7.18. The van der Waals surface area contributed by atoms with E-state index in [2.05, 4.69) is 5.32 Å². The van der Waals surface area contributed by atoms with Crippen molar-refractivity contribution in [3.63, 3.8) is 0 Å². The number of benzene rings is 1. The van der Waals surface area contributed by atoms with Gasteiger partial charge in [0.15, 0.2) is 0 Å². The van der Waals surface area contributed by atoms with Crippen LogP contribution in [0.2, 0.25) is 0 Å². The molecule has 2 N–H and O–H groups in total. The lowest BCUT2D eigenvalue weighted by atomic mass is 10.1. The van der Waals surface area contributed by atoms with E-state index in [1.807, 2.05) is 4.90 Å². The second-order valence-electron chi connectivity index (χ2n) is 5.41. The van der Waals surface area contributed by atoms with Crippen LogP contribution in [0.3, 0.4) is 0 Å². The van der Waals surface area contributed by atoms with E-state index in [-0.39, 0.29) is 23.7 Å². The Labute approximate surface area is 122 Å². The number of rotatable bonds is 2. The zero-order chi connectivity index (χ0) is 14.8. The number of aromatic carboxylic acids is 1. The van der Waals surface area contributed by atoms with Crippen molar-refractivity contribution < 1.29 is 19.4 Å². The number of carboxylic acids is 1. The van der Waals surface area contributed by atoms with E-state index in [1.54, 1.807) is 12.1 Å². The largest absolute Gasteiger partial charge is 0.478 e. The van der Waals surface area contributed by atoms with Gasteiger partial charge >= 0.3 is 12.0 Å². The Balaban J connectivity index is 1.66. The Hall–Kier alpha value is -2.08. The van der Waals surface area contributed by atoms with E-state index in [9.17, 15) is 9.59 Å². The quantitative estimate of drug-likeness (QED) is 0.875. The van der Waals surface area contributed by atoms with Gasteiger partial charge < -0.3 is 20.1 Å². The number of amides is 2. The van der Waals surface area contributed by atoms with E-state index >= 15 is 0 Å². The third-order valence-electron chi connectivity index (χ3n) is 4.13. The van der Waals surface area contributed by atoms with E-state index in [0.29, 0.717) is 18.8 Å². The van der Waals surface area contributed by atoms with Gasteiger partial charge in [-0.1, -0.05) is 0 Å². The van der Waals surface area contributed by atoms with Crippen LogP contribution in [0.25, 0.3) is 0 Å². The molecule has 21 heavy (non-hydrogen) atoms. The Morgan fingerprint density at radius 2 is 2.00 bits per heavy atom. The number of carbonyl (C=O) groups excluding carboxylic acids is 1. The molecule has 1 aromatic carbocycles. The summed E-state index contributed by atoms with van der Waals surface area (Å²) in [6.07, 6.45) is 3.25. The molecule has 2 amide bonds. The van der Waals surface area contributed by atoms with Crippen molar-refractivity contribution in [1.29, 1.82) is 0 Å². The molecule has 1 aliphatic heterocycles. The average molecular weight is 290 g/mol. The second-order valence-corrected chi connectivity index (χ2v) is 5.41. The summed E-state index contributed by atoms with van der Waals surface area (Å²) in [5, 5.41) is 11.7. The maximum Gasteiger partial charge on any atom is 0.335 e. The van der Waals surface area contributed by atoms with Gasteiger partial charge in [0.2, 0.25) is 0 Å². The molecule has 0 aromatic heterocycles. The molecule has 2 aliphatic rings. The first-order chi connectivity index (χ1) is 10.1. The predicted octanol–water partition coefficient (Wildman–Crippen LogP) is 2.17. The third kappa shape index (κ3) is 2.85. The molecule has 6 heteroatoms. The summed E-state index contributed by atoms with van der Waals surface area (Å²) >= 11 is 0. The fraction of sp³-hybridized carbons (Fsp3) is 0.467. The van der Waals surface area contributed by atoms with Crippen LogP contribution >= 0.6 is 0 Å². The van der Waals surface area contributed by atoms with Gasteiger partial charge in [-0.15, -0.1) is 0 Å². The van der Waals surface area contributed by atoms with Crippen LogP contribution < -0.4 is 5.32 Å². The number of carboxylic acid groups (broad SMARTS) is 1. The highest BCUT2D eigenvalue weighted by Gasteiger charge is 2.38. The van der Waals surface area contributed by atoms with Crippen molar-refractivity contribution in [3.8, 4) is 0 Å². The molecule has 2 atom stereocenters. The van der Waals surface area contributed by atoms with E-state index in [4.69, 9.17) is 9.84 Å². The molecule has 0 bridgehead atoms. The van der Waals surface area contributed by atoms with E-state index < -0.39 is 5.97 Å². The van der Waals surface area contributed by atoms with Crippen LogP contribution in [0, 0.1) is 0 Å². The number of urea groups is 1. The number of hydrogen-bond acceptors (Lipinski definition) is 3. The lowest BCUT2D eigenvalue weighted by molar-refractivity contribution is -0.0362. The number of hydrogen-bond donors (Lipinski definition) is 2. The van der Waals surface area contributed by atoms with Crippen molar-refractivity contribution >= 4 is 17.7 Å². The standard InChI is InChI=1S/C15H18N2O4/c18-14(19)10-4-6-11(7-5-10)16-15(20)17-8-9-21-13-3-1-2-12(13)17/h4-7,12-13H,1-3,8-9H2,(H,16,20)(H,18,19). The average Bonchev–Trinajstić information content (AvgIpc) is 2.96. The minimum Gasteiger partial charge on any atom is -0.478 e. The minimum absolute atomic E-state index is 0.140. The summed E-state index contributed by atoms with van der Waals surface area (Å²) in [5.41, 5.74) is 0.807. The number of fused-ring (bicyclic) bond motifs is 1. The highest BCUT2D eigenvalue weighted by molar-refractivity contribution is 5.91. The molecule has 2 unspecified atom stereocenters. The Morgan fingerprint density at radius 1 is 1.24 bits per heavy atom. The van der Waals surface area contributed by atoms with E-state index in [0.717, 1.165) is 19.3 Å². The summed E-state index contributed by atoms with van der Waals surface area (Å²) in [6, 6.07) is 6.20. The van der Waals surface area contributed by atoms with Gasteiger partial charge in [0.05, 0.1) is 24.3 Å². The molecule has 6 nitrogen and oxygen atoms in total. The SMILES string of the molecule is O=C(O)c1ccc(NC(=O)N2CCOC3CCCC32)cc1. The van der Waals surface area contributed by atoms with Gasteiger partial charge in [-0.3, -0.25) is 0 Å². The summed E-state index contributed by atoms with van der Waals surface area (Å²) in [4.78, 5) is 25.0. The molecule has 0 radical (unpaired) electrons. The third-order valence-corrected chi connectivity index (χ3v) is 4.13. The second kappa shape index (κ2) is 5.73. The van der Waals surface area contributed by atoms with Crippen molar-refractivity contribution in [1.82, 2.24) is 4.90 Å². The molecule has 2 fully saturated rings. The zero-order valence-corrected chi connectivity index (χ0v) is 11.6. The van der Waals surface area contributed by atoms with Crippen LogP contribution in [0.1, 0.15) is 29.6 Å². The highest BCUT2D eigenvalue weighted by Crippen LogP contribution is 2.30. The molecule has 112 valence electrons. The van der Waals surface area contributed by atoms with Crippen molar-refractivity contribution in [2.24, 2.45) is 0 Å². The van der Waals surface area contributed by atoms with Gasteiger partial charge in [0.25, 0.3) is 0 Å². The van der Waals surface area contributed by atoms with Crippen molar-refractivity contribution in [3.05, 3.63) is 29.8 Å². The fourth-order valence-corrected chi connectivity index (χ4v) is 3.07. The van der Waals surface area contributed by atoms with Crippen LogP contribution in [0.5, 0.6) is 0 Å². The number of morpholine rings is 1. The molecular weight excluding hydrogens is 272 g/mol. The van der Waals surface area contributed by atoms with Gasteiger partial charge in [0.1, 0.15) is 0 Å². The highest BCUT2D eigenvalue weighted by atomic mass is 16.5. The normalized spacial score (nSPS) is 24.5. The molecule has 1 aliphatic carbocycles. The fourth-order valence-electron chi connectivity index (χ4n) is 3.07. The van der Waals surface area contributed by atoms with Crippen LogP contribution in [0.15, 0.2) is 24.3 Å². The summed E-state index contributed by atoms with van der Waals surface area (Å²) in [5.74, 6) is -0.977. The Bertz CT molecular complexity index is 543. The van der Waals surface area contributed by atoms with Crippen molar-refractivity contribution in [2.75, 3.05) is 18.5 Å². The smallest absolute Gasteiger partial charge is 0.335 e. The molecule has 1 aromatic rings. The van der Waals surface area contributed by atoms with Crippen molar-refractivity contribution in [2.45, 2.75) is 31.4 Å². The maximum absolute atomic E-state index is 12.4. The molecule has 1 saturated heterocycles. The van der Waals surface area contributed by atoms with Crippen LogP contribution in [0.4, 0.5) is 10.5 Å². The maximum atomic E-state index is 12.4. The first-order valence-corrected chi connectivity index (χ1v) is 7.18. The monoisotopic (exact) mass is 290 g/mol. The molecule has 3 rings (SSSR count). The lowest BCUT2D eigenvalue weighted by Crippen LogP contribution is -2.52. The van der Waals surface area contributed by atoms with E-state index in [1.165, 1.54) is 12.1 Å². The van der Waals surface area contributed by atoms with Crippen LogP contribution in [-0.4, -0.2) is 47.3 Å². The molecule has 1 saturated carbocycles. The number of nitrogens with one attached hydrogen (secondary N) is 1. The first kappa shape index (κ1) is 13.9. The molecule has 0 spiro atoms. The predicted molar refractivity (Wildman–Crippen MR) is 76.5 cm³/mol. The topological polar surface area (TPSA) is 78.9 Å². The lowest BCUT2D eigenvalue weighted by Gasteiger charge is -2.37. The minimum atomic E-state index is -0.977. The summed E-state index contributed by atoms with van der Waals surface area (Å²) in [6.45, 7) is 1.17. The van der Waals surface area contributed by atoms with Gasteiger partial charge in [0, 0.05) is 12.2 Å². The summed E-state index contributed by atoms with van der Waals surface area (Å²) < 4.78 is 5.69.